The molecule has 2 heterocycles. The van der Waals surface area contributed by atoms with Crippen molar-refractivity contribution in [2.75, 3.05) is 19.3 Å². The molecule has 2 aromatic carbocycles. The van der Waals surface area contributed by atoms with Crippen LogP contribution in [-0.2, 0) is 15.6 Å². The zero-order chi connectivity index (χ0) is 19.7. The quantitative estimate of drug-likeness (QED) is 0.730. The maximum Gasteiger partial charge on any atom is 0.253 e. The van der Waals surface area contributed by atoms with E-state index in [4.69, 9.17) is 0 Å². The number of aromatic amines is 1. The van der Waals surface area contributed by atoms with Gasteiger partial charge in [-0.3, -0.25) is 4.79 Å². The molecule has 0 bridgehead atoms. The number of fused-ring (bicyclic) bond motifs is 1. The van der Waals surface area contributed by atoms with Crippen molar-refractivity contribution in [3.63, 3.8) is 0 Å². The minimum absolute atomic E-state index is 0.0206. The Morgan fingerprint density at radius 2 is 1.86 bits per heavy atom. The van der Waals surface area contributed by atoms with Crippen LogP contribution in [0.4, 0.5) is 0 Å². The summed E-state index contributed by atoms with van der Waals surface area (Å²) in [6, 6.07) is 15.3. The van der Waals surface area contributed by atoms with Gasteiger partial charge in [-0.25, -0.2) is 8.42 Å². The van der Waals surface area contributed by atoms with Gasteiger partial charge in [0.2, 0.25) is 0 Å². The van der Waals surface area contributed by atoms with Crippen LogP contribution in [0.25, 0.3) is 10.9 Å². The number of carbonyl (C=O) groups excluding carboxylic acids is 1. The molecule has 1 amide bonds. The fourth-order valence-corrected chi connectivity index (χ4v) is 4.89. The van der Waals surface area contributed by atoms with Crippen LogP contribution < -0.4 is 0 Å². The smallest absolute Gasteiger partial charge is 0.253 e. The van der Waals surface area contributed by atoms with E-state index < -0.39 is 9.84 Å². The molecule has 3 aromatic rings. The Morgan fingerprint density at radius 1 is 1.11 bits per heavy atom. The molecular formula is C22H24N2O3S. The maximum atomic E-state index is 12.9. The average Bonchev–Trinajstić information content (AvgIpc) is 3.10. The molecule has 6 heteroatoms. The van der Waals surface area contributed by atoms with Crippen LogP contribution in [0.5, 0.6) is 0 Å². The van der Waals surface area contributed by atoms with Gasteiger partial charge in [-0.15, -0.1) is 0 Å². The number of amides is 1. The van der Waals surface area contributed by atoms with E-state index in [1.54, 1.807) is 24.3 Å². The molecule has 5 nitrogen and oxygen atoms in total. The van der Waals surface area contributed by atoms with E-state index >= 15 is 0 Å². The van der Waals surface area contributed by atoms with Gasteiger partial charge in [0.15, 0.2) is 9.84 Å². The van der Waals surface area contributed by atoms with Gasteiger partial charge in [-0.1, -0.05) is 30.3 Å². The van der Waals surface area contributed by atoms with Crippen LogP contribution in [0.2, 0.25) is 0 Å². The van der Waals surface area contributed by atoms with Crippen molar-refractivity contribution < 1.29 is 13.2 Å². The summed E-state index contributed by atoms with van der Waals surface area (Å²) in [6.45, 7) is 1.42. The van der Waals surface area contributed by atoms with Gasteiger partial charge in [0, 0.05) is 42.0 Å². The van der Waals surface area contributed by atoms with Crippen LogP contribution in [0.1, 0.15) is 40.2 Å². The summed E-state index contributed by atoms with van der Waals surface area (Å²) in [5.41, 5.74) is 3.70. The van der Waals surface area contributed by atoms with Crippen LogP contribution in [0, 0.1) is 0 Å². The van der Waals surface area contributed by atoms with Crippen molar-refractivity contribution in [2.45, 2.75) is 24.5 Å². The topological polar surface area (TPSA) is 70.2 Å². The standard InChI is InChI=1S/C22H24N2O3S/c1-28(26,27)15-16-5-4-6-18(13-16)22(25)24-11-9-17(10-12-24)20-14-23-21-8-3-2-7-19(20)21/h2-8,13-14,17,23H,9-12,15H2,1H3. The first-order chi connectivity index (χ1) is 13.4. The van der Waals surface area contributed by atoms with E-state index in [1.807, 2.05) is 11.0 Å². The largest absolute Gasteiger partial charge is 0.361 e. The summed E-state index contributed by atoms with van der Waals surface area (Å²) in [5.74, 6) is 0.376. The number of aromatic nitrogens is 1. The molecule has 28 heavy (non-hydrogen) atoms. The Hall–Kier alpha value is -2.60. The molecule has 0 saturated carbocycles. The number of nitrogens with one attached hydrogen (secondary N) is 1. The molecule has 1 aliphatic heterocycles. The number of carbonyl (C=O) groups is 1. The zero-order valence-corrected chi connectivity index (χ0v) is 16.7. The van der Waals surface area contributed by atoms with E-state index in [9.17, 15) is 13.2 Å². The Labute approximate surface area is 165 Å². The minimum Gasteiger partial charge on any atom is -0.361 e. The highest BCUT2D eigenvalue weighted by molar-refractivity contribution is 7.89. The molecule has 1 aromatic heterocycles. The molecule has 146 valence electrons. The molecule has 1 aliphatic rings. The van der Waals surface area contributed by atoms with Crippen LogP contribution in [0.15, 0.2) is 54.7 Å². The monoisotopic (exact) mass is 396 g/mol. The number of rotatable bonds is 4. The highest BCUT2D eigenvalue weighted by atomic mass is 32.2. The minimum atomic E-state index is -3.12. The predicted octanol–water partition coefficient (Wildman–Crippen LogP) is 3.73. The number of sulfone groups is 1. The third-order valence-corrected chi connectivity index (χ3v) is 6.30. The SMILES string of the molecule is CS(=O)(=O)Cc1cccc(C(=O)N2CCC(c3c[nH]c4ccccc34)CC2)c1. The molecular weight excluding hydrogens is 372 g/mol. The van der Waals surface area contributed by atoms with Crippen molar-refractivity contribution >= 4 is 26.6 Å². The van der Waals surface area contributed by atoms with Crippen molar-refractivity contribution in [3.05, 3.63) is 71.4 Å². The fraction of sp³-hybridized carbons (Fsp3) is 0.318. The Bertz CT molecular complexity index is 1110. The van der Waals surface area contributed by atoms with E-state index in [0.29, 0.717) is 30.1 Å². The predicted molar refractivity (Wildman–Crippen MR) is 111 cm³/mol. The number of nitrogens with zero attached hydrogens (tertiary/aromatic N) is 1. The molecule has 0 radical (unpaired) electrons. The second-order valence-corrected chi connectivity index (χ2v) is 9.77. The average molecular weight is 397 g/mol. The Morgan fingerprint density at radius 3 is 2.61 bits per heavy atom. The van der Waals surface area contributed by atoms with Crippen molar-refractivity contribution in [1.29, 1.82) is 0 Å². The van der Waals surface area contributed by atoms with Crippen LogP contribution in [-0.4, -0.2) is 43.6 Å². The molecule has 0 atom stereocenters. The molecule has 0 aliphatic carbocycles. The summed E-state index contributed by atoms with van der Waals surface area (Å²) < 4.78 is 23.1. The van der Waals surface area contributed by atoms with Crippen molar-refractivity contribution in [1.82, 2.24) is 9.88 Å². The highest BCUT2D eigenvalue weighted by Gasteiger charge is 2.26. The fourth-order valence-electron chi connectivity index (χ4n) is 4.10. The first kappa shape index (κ1) is 18.7. The van der Waals surface area contributed by atoms with Crippen molar-refractivity contribution in [2.24, 2.45) is 0 Å². The van der Waals surface area contributed by atoms with Gasteiger partial charge in [0.1, 0.15) is 0 Å². The molecule has 1 saturated heterocycles. The number of H-pyrrole nitrogens is 1. The third kappa shape index (κ3) is 3.97. The number of para-hydroxylation sites is 1. The van der Waals surface area contributed by atoms with Crippen molar-refractivity contribution in [3.8, 4) is 0 Å². The Kier molecular flexibility index (Phi) is 4.98. The number of hydrogen-bond acceptors (Lipinski definition) is 3. The van der Waals surface area contributed by atoms with Gasteiger partial charge in [-0.05, 0) is 48.1 Å². The second-order valence-electron chi connectivity index (χ2n) is 7.63. The lowest BCUT2D eigenvalue weighted by molar-refractivity contribution is 0.0713. The zero-order valence-electron chi connectivity index (χ0n) is 15.9. The van der Waals surface area contributed by atoms with Crippen LogP contribution in [0.3, 0.4) is 0 Å². The van der Waals surface area contributed by atoms with E-state index in [0.717, 1.165) is 18.4 Å². The molecule has 0 spiro atoms. The summed E-state index contributed by atoms with van der Waals surface area (Å²) in [4.78, 5) is 18.1. The molecule has 1 N–H and O–H groups in total. The first-order valence-corrected chi connectivity index (χ1v) is 11.6. The molecule has 1 fully saturated rings. The maximum absolute atomic E-state index is 12.9. The van der Waals surface area contributed by atoms with E-state index in [1.165, 1.54) is 17.2 Å². The summed E-state index contributed by atoms with van der Waals surface area (Å²) >= 11 is 0. The molecule has 0 unspecified atom stereocenters. The normalized spacial score (nSPS) is 15.8. The lowest BCUT2D eigenvalue weighted by Crippen LogP contribution is -2.37. The number of piperidine rings is 1. The summed E-state index contributed by atoms with van der Waals surface area (Å²) in [5, 5.41) is 1.26. The first-order valence-electron chi connectivity index (χ1n) is 9.53. The number of hydrogen-bond donors (Lipinski definition) is 1. The second kappa shape index (κ2) is 7.43. The van der Waals surface area contributed by atoms with Gasteiger partial charge in [0.05, 0.1) is 5.75 Å². The lowest BCUT2D eigenvalue weighted by atomic mass is 9.89. The highest BCUT2D eigenvalue weighted by Crippen LogP contribution is 2.33. The van der Waals surface area contributed by atoms with Gasteiger partial charge >= 0.3 is 0 Å². The Balaban J connectivity index is 1.45. The van der Waals surface area contributed by atoms with Gasteiger partial charge in [-0.2, -0.15) is 0 Å². The van der Waals surface area contributed by atoms with E-state index in [2.05, 4.69) is 29.4 Å². The van der Waals surface area contributed by atoms with Crippen LogP contribution >= 0.6 is 0 Å². The number of likely N-dealkylation sites (tertiary alicyclic amines) is 1. The van der Waals surface area contributed by atoms with Gasteiger partial charge in [0.25, 0.3) is 5.91 Å². The summed E-state index contributed by atoms with van der Waals surface area (Å²) in [7, 11) is -3.12. The summed E-state index contributed by atoms with van der Waals surface area (Å²) in [6.07, 6.45) is 5.16. The molecule has 4 rings (SSSR count). The lowest BCUT2D eigenvalue weighted by Gasteiger charge is -2.32. The third-order valence-electron chi connectivity index (χ3n) is 5.45. The number of benzene rings is 2. The van der Waals surface area contributed by atoms with Gasteiger partial charge < -0.3 is 9.88 Å². The van der Waals surface area contributed by atoms with E-state index in [-0.39, 0.29) is 11.7 Å².